The maximum absolute atomic E-state index is 12.7. The number of hydrogen-bond donors (Lipinski definition) is 0. The lowest BCUT2D eigenvalue weighted by molar-refractivity contribution is 0.0772. The molecule has 0 bridgehead atoms. The number of amides is 1. The highest BCUT2D eigenvalue weighted by Gasteiger charge is 2.28. The van der Waals surface area contributed by atoms with Crippen LogP contribution in [0, 0.1) is 0 Å². The van der Waals surface area contributed by atoms with Crippen molar-refractivity contribution in [3.63, 3.8) is 0 Å². The molecule has 26 heavy (non-hydrogen) atoms. The van der Waals surface area contributed by atoms with Gasteiger partial charge >= 0.3 is 0 Å². The van der Waals surface area contributed by atoms with Gasteiger partial charge in [-0.3, -0.25) is 4.79 Å². The van der Waals surface area contributed by atoms with E-state index in [1.807, 2.05) is 58.8 Å². The van der Waals surface area contributed by atoms with Crippen LogP contribution in [0.15, 0.2) is 60.1 Å². The van der Waals surface area contributed by atoms with Crippen LogP contribution in [0.5, 0.6) is 5.19 Å². The number of aromatic nitrogens is 1. The number of carbonyl (C=O) groups excluding carboxylic acids is 1. The Bertz CT molecular complexity index is 896. The van der Waals surface area contributed by atoms with E-state index >= 15 is 0 Å². The van der Waals surface area contributed by atoms with Crippen molar-refractivity contribution in [1.29, 1.82) is 0 Å². The van der Waals surface area contributed by atoms with Gasteiger partial charge < -0.3 is 9.64 Å². The Morgan fingerprint density at radius 3 is 2.77 bits per heavy atom. The molecule has 1 aliphatic heterocycles. The lowest BCUT2D eigenvalue weighted by Gasteiger charge is -2.17. The Kier molecular flexibility index (Phi) is 4.91. The third-order valence-electron chi connectivity index (χ3n) is 4.40. The molecule has 1 aliphatic rings. The fourth-order valence-electron chi connectivity index (χ4n) is 3.08. The monoisotopic (exact) mass is 384 g/mol. The van der Waals surface area contributed by atoms with E-state index in [-0.39, 0.29) is 12.0 Å². The minimum absolute atomic E-state index is 0.0100. The van der Waals surface area contributed by atoms with E-state index in [0.717, 1.165) is 17.5 Å². The second kappa shape index (κ2) is 7.48. The minimum atomic E-state index is 0.0100. The van der Waals surface area contributed by atoms with Crippen molar-refractivity contribution in [3.05, 3.63) is 70.7 Å². The van der Waals surface area contributed by atoms with Gasteiger partial charge in [0.05, 0.1) is 6.54 Å². The molecule has 1 unspecified atom stereocenters. The number of hydrogen-bond acceptors (Lipinski definition) is 4. The lowest BCUT2D eigenvalue weighted by atomic mass is 10.0. The van der Waals surface area contributed by atoms with Gasteiger partial charge in [-0.1, -0.05) is 47.2 Å². The van der Waals surface area contributed by atoms with Crippen LogP contribution in [-0.2, 0) is 0 Å². The van der Waals surface area contributed by atoms with E-state index in [4.69, 9.17) is 16.3 Å². The first kappa shape index (κ1) is 17.1. The van der Waals surface area contributed by atoms with Gasteiger partial charge in [0.2, 0.25) is 0 Å². The number of nitrogens with zero attached hydrogens (tertiary/aromatic N) is 2. The molecule has 2 aromatic carbocycles. The molecular weight excluding hydrogens is 368 g/mol. The summed E-state index contributed by atoms with van der Waals surface area (Å²) in [5.41, 5.74) is 2.76. The maximum atomic E-state index is 12.7. The van der Waals surface area contributed by atoms with Crippen molar-refractivity contribution in [2.45, 2.75) is 12.5 Å². The Morgan fingerprint density at radius 2 is 2.04 bits per heavy atom. The van der Waals surface area contributed by atoms with Crippen molar-refractivity contribution >= 4 is 28.8 Å². The molecule has 4 rings (SSSR count). The standard InChI is InChI=1S/C20H17ClN2O2S/c21-17-3-1-2-16(12-17)14-4-6-15(7-5-14)19(24)23-10-8-18(13-23)25-20-22-9-11-26-20/h1-7,9,11-12,18H,8,10,13H2. The number of halogens is 1. The smallest absolute Gasteiger partial charge is 0.273 e. The first-order chi connectivity index (χ1) is 12.7. The average molecular weight is 385 g/mol. The molecule has 6 heteroatoms. The van der Waals surface area contributed by atoms with E-state index < -0.39 is 0 Å². The summed E-state index contributed by atoms with van der Waals surface area (Å²) in [6.07, 6.45) is 2.56. The highest BCUT2D eigenvalue weighted by atomic mass is 35.5. The van der Waals surface area contributed by atoms with Crippen LogP contribution in [0.3, 0.4) is 0 Å². The lowest BCUT2D eigenvalue weighted by Crippen LogP contribution is -2.30. The highest BCUT2D eigenvalue weighted by Crippen LogP contribution is 2.25. The van der Waals surface area contributed by atoms with Gasteiger partial charge in [0.15, 0.2) is 0 Å². The zero-order chi connectivity index (χ0) is 17.9. The van der Waals surface area contributed by atoms with Crippen LogP contribution in [0.4, 0.5) is 0 Å². The first-order valence-electron chi connectivity index (χ1n) is 8.40. The van der Waals surface area contributed by atoms with Gasteiger partial charge in [-0.05, 0) is 35.4 Å². The highest BCUT2D eigenvalue weighted by molar-refractivity contribution is 7.11. The van der Waals surface area contributed by atoms with Crippen molar-refractivity contribution < 1.29 is 9.53 Å². The molecule has 2 heterocycles. The second-order valence-corrected chi connectivity index (χ2v) is 7.46. The van der Waals surface area contributed by atoms with E-state index in [1.54, 1.807) is 6.20 Å². The number of benzene rings is 2. The van der Waals surface area contributed by atoms with Crippen LogP contribution in [0.2, 0.25) is 5.02 Å². The van der Waals surface area contributed by atoms with Gasteiger partial charge in [0.1, 0.15) is 6.10 Å². The van der Waals surface area contributed by atoms with Crippen LogP contribution in [-0.4, -0.2) is 35.0 Å². The van der Waals surface area contributed by atoms with Crippen LogP contribution in [0.1, 0.15) is 16.8 Å². The molecule has 0 N–H and O–H groups in total. The SMILES string of the molecule is O=C(c1ccc(-c2cccc(Cl)c2)cc1)N1CCC(Oc2nccs2)C1. The van der Waals surface area contributed by atoms with Crippen LogP contribution < -0.4 is 4.74 Å². The Morgan fingerprint density at radius 1 is 1.19 bits per heavy atom. The summed E-state index contributed by atoms with van der Waals surface area (Å²) in [5.74, 6) is 0.0351. The van der Waals surface area contributed by atoms with E-state index in [0.29, 0.717) is 28.9 Å². The third-order valence-corrected chi connectivity index (χ3v) is 5.30. The molecule has 1 amide bonds. The third kappa shape index (κ3) is 3.74. The molecule has 0 spiro atoms. The Hall–Kier alpha value is -2.37. The first-order valence-corrected chi connectivity index (χ1v) is 9.66. The summed E-state index contributed by atoms with van der Waals surface area (Å²) < 4.78 is 5.82. The quantitative estimate of drug-likeness (QED) is 0.651. The Balaban J connectivity index is 1.42. The van der Waals surface area contributed by atoms with Gasteiger partial charge in [0, 0.05) is 35.1 Å². The fourth-order valence-corrected chi connectivity index (χ4v) is 3.82. The van der Waals surface area contributed by atoms with Gasteiger partial charge in [-0.15, -0.1) is 0 Å². The number of ether oxygens (including phenoxy) is 1. The predicted octanol–water partition coefficient (Wildman–Crippen LogP) is 4.76. The zero-order valence-electron chi connectivity index (χ0n) is 14.0. The summed E-state index contributed by atoms with van der Waals surface area (Å²) in [4.78, 5) is 18.7. The van der Waals surface area contributed by atoms with Gasteiger partial charge in [0.25, 0.3) is 11.1 Å². The van der Waals surface area contributed by atoms with Crippen molar-refractivity contribution in [1.82, 2.24) is 9.88 Å². The van der Waals surface area contributed by atoms with E-state index in [1.165, 1.54) is 11.3 Å². The fraction of sp³-hybridized carbons (Fsp3) is 0.200. The zero-order valence-corrected chi connectivity index (χ0v) is 15.5. The van der Waals surface area contributed by atoms with Crippen molar-refractivity contribution in [2.24, 2.45) is 0 Å². The summed E-state index contributed by atoms with van der Waals surface area (Å²) in [6.45, 7) is 1.29. The molecule has 1 aromatic heterocycles. The average Bonchev–Trinajstić information content (AvgIpc) is 3.34. The van der Waals surface area contributed by atoms with Gasteiger partial charge in [-0.25, -0.2) is 4.98 Å². The number of thiazole rings is 1. The maximum Gasteiger partial charge on any atom is 0.273 e. The molecule has 132 valence electrons. The predicted molar refractivity (Wildman–Crippen MR) is 104 cm³/mol. The summed E-state index contributed by atoms with van der Waals surface area (Å²) in [6, 6.07) is 15.3. The summed E-state index contributed by atoms with van der Waals surface area (Å²) >= 11 is 7.52. The minimum Gasteiger partial charge on any atom is -0.465 e. The second-order valence-electron chi connectivity index (χ2n) is 6.17. The van der Waals surface area contributed by atoms with Crippen LogP contribution in [0.25, 0.3) is 11.1 Å². The van der Waals surface area contributed by atoms with E-state index in [9.17, 15) is 4.79 Å². The molecule has 1 fully saturated rings. The largest absolute Gasteiger partial charge is 0.465 e. The molecule has 3 aromatic rings. The molecule has 1 atom stereocenters. The molecule has 0 aliphatic carbocycles. The molecule has 0 radical (unpaired) electrons. The molecule has 4 nitrogen and oxygen atoms in total. The van der Waals surface area contributed by atoms with Crippen molar-refractivity contribution in [3.8, 4) is 16.3 Å². The molecule has 0 saturated carbocycles. The topological polar surface area (TPSA) is 42.4 Å². The normalized spacial score (nSPS) is 16.7. The van der Waals surface area contributed by atoms with E-state index in [2.05, 4.69) is 4.98 Å². The summed E-state index contributed by atoms with van der Waals surface area (Å²) in [5, 5.41) is 3.25. The molecular formula is C20H17ClN2O2S. The number of rotatable bonds is 4. The van der Waals surface area contributed by atoms with Gasteiger partial charge in [-0.2, -0.15) is 0 Å². The number of carbonyl (C=O) groups is 1. The Labute approximate surface area is 161 Å². The van der Waals surface area contributed by atoms with Crippen LogP contribution >= 0.6 is 22.9 Å². The molecule has 1 saturated heterocycles. The van der Waals surface area contributed by atoms with Crippen molar-refractivity contribution in [2.75, 3.05) is 13.1 Å². The summed E-state index contributed by atoms with van der Waals surface area (Å²) in [7, 11) is 0. The number of likely N-dealkylation sites (tertiary alicyclic amines) is 1.